The third-order valence-corrected chi connectivity index (χ3v) is 5.57. The number of nitrogens with zero attached hydrogens (tertiary/aromatic N) is 3. The predicted molar refractivity (Wildman–Crippen MR) is 98.9 cm³/mol. The van der Waals surface area contributed by atoms with Crippen LogP contribution in [0.4, 0.5) is 0 Å². The van der Waals surface area contributed by atoms with E-state index in [1.807, 2.05) is 19.9 Å². The van der Waals surface area contributed by atoms with Crippen molar-refractivity contribution in [2.75, 3.05) is 0 Å². The zero-order valence-electron chi connectivity index (χ0n) is 14.8. The Morgan fingerprint density at radius 2 is 1.88 bits per heavy atom. The molecule has 0 saturated heterocycles. The average Bonchev–Trinajstić information content (AvgIpc) is 2.96. The van der Waals surface area contributed by atoms with Crippen LogP contribution in [0.2, 0.25) is 0 Å². The molecular weight excluding hydrogens is 338 g/mol. The van der Waals surface area contributed by atoms with Crippen LogP contribution in [0.25, 0.3) is 15.8 Å². The zero-order valence-corrected chi connectivity index (χ0v) is 15.6. The van der Waals surface area contributed by atoms with E-state index in [1.54, 1.807) is 26.1 Å². The second-order valence-electron chi connectivity index (χ2n) is 6.69. The Morgan fingerprint density at radius 3 is 2.52 bits per heavy atom. The first-order chi connectivity index (χ1) is 11.6. The summed E-state index contributed by atoms with van der Waals surface area (Å²) >= 11 is 1.30. The van der Waals surface area contributed by atoms with Crippen LogP contribution in [-0.2, 0) is 17.3 Å². The molecule has 25 heavy (non-hydrogen) atoms. The molecule has 0 atom stereocenters. The number of Topliss-reactive ketones (excluding diaryl/α,β-unsaturated/α-hetero) is 1. The van der Waals surface area contributed by atoms with E-state index < -0.39 is 11.1 Å². The van der Waals surface area contributed by atoms with Crippen molar-refractivity contribution in [3.63, 3.8) is 0 Å². The highest BCUT2D eigenvalue weighted by Gasteiger charge is 2.31. The zero-order chi connectivity index (χ0) is 18.5. The predicted octanol–water partition coefficient (Wildman–Crippen LogP) is 2.32. The molecule has 0 saturated carbocycles. The van der Waals surface area contributed by atoms with E-state index >= 15 is 0 Å². The smallest absolute Gasteiger partial charge is 0.301 e. The van der Waals surface area contributed by atoms with Crippen LogP contribution >= 0.6 is 11.5 Å². The SMILES string of the molecule is CC(=O)C(C)(C)c1nsc2ccc(-n3c(=O)cc(C)n(C)c3=O)cc12. The molecule has 0 amide bonds. The van der Waals surface area contributed by atoms with Crippen molar-refractivity contribution in [1.82, 2.24) is 13.5 Å². The number of rotatable bonds is 3. The molecule has 0 aliphatic heterocycles. The van der Waals surface area contributed by atoms with E-state index in [9.17, 15) is 14.4 Å². The number of aryl methyl sites for hydroxylation is 1. The van der Waals surface area contributed by atoms with Crippen LogP contribution < -0.4 is 11.2 Å². The van der Waals surface area contributed by atoms with Gasteiger partial charge in [0.1, 0.15) is 5.78 Å². The molecule has 0 unspecified atom stereocenters. The minimum atomic E-state index is -0.736. The second-order valence-corrected chi connectivity index (χ2v) is 7.50. The van der Waals surface area contributed by atoms with Gasteiger partial charge in [0.2, 0.25) is 0 Å². The summed E-state index contributed by atoms with van der Waals surface area (Å²) < 4.78 is 7.92. The van der Waals surface area contributed by atoms with Gasteiger partial charge in [-0.25, -0.2) is 9.36 Å². The average molecular weight is 357 g/mol. The van der Waals surface area contributed by atoms with Crippen LogP contribution in [0.15, 0.2) is 33.9 Å². The fourth-order valence-electron chi connectivity index (χ4n) is 2.66. The largest absolute Gasteiger partial charge is 0.335 e. The van der Waals surface area contributed by atoms with Gasteiger partial charge in [0.15, 0.2) is 0 Å². The molecule has 130 valence electrons. The summed E-state index contributed by atoms with van der Waals surface area (Å²) in [5.74, 6) is 0.00789. The maximum atomic E-state index is 12.5. The lowest BCUT2D eigenvalue weighted by Gasteiger charge is -2.19. The molecule has 1 aromatic carbocycles. The van der Waals surface area contributed by atoms with E-state index in [4.69, 9.17) is 0 Å². The Balaban J connectivity index is 2.32. The van der Waals surface area contributed by atoms with Crippen LogP contribution in [0.1, 0.15) is 32.2 Å². The van der Waals surface area contributed by atoms with Gasteiger partial charge in [-0.05, 0) is 57.4 Å². The molecule has 0 N–H and O–H groups in total. The third kappa shape index (κ3) is 2.64. The molecule has 6 nitrogen and oxygen atoms in total. The van der Waals surface area contributed by atoms with Crippen molar-refractivity contribution < 1.29 is 4.79 Å². The van der Waals surface area contributed by atoms with Crippen molar-refractivity contribution in [3.8, 4) is 5.69 Å². The number of carbonyl (C=O) groups is 1. The van der Waals surface area contributed by atoms with E-state index in [0.717, 1.165) is 14.7 Å². The highest BCUT2D eigenvalue weighted by atomic mass is 32.1. The van der Waals surface area contributed by atoms with Crippen LogP contribution in [-0.4, -0.2) is 19.3 Å². The van der Waals surface area contributed by atoms with Crippen molar-refractivity contribution in [1.29, 1.82) is 0 Å². The van der Waals surface area contributed by atoms with Gasteiger partial charge in [0, 0.05) is 24.2 Å². The van der Waals surface area contributed by atoms with Crippen molar-refractivity contribution in [2.24, 2.45) is 7.05 Å². The van der Waals surface area contributed by atoms with Crippen molar-refractivity contribution >= 4 is 27.4 Å². The van der Waals surface area contributed by atoms with Crippen LogP contribution in [0.5, 0.6) is 0 Å². The minimum absolute atomic E-state index is 0.00789. The number of benzene rings is 1. The lowest BCUT2D eigenvalue weighted by atomic mass is 9.83. The Morgan fingerprint density at radius 1 is 1.20 bits per heavy atom. The van der Waals surface area contributed by atoms with Gasteiger partial charge in [-0.1, -0.05) is 0 Å². The lowest BCUT2D eigenvalue weighted by molar-refractivity contribution is -0.121. The minimum Gasteiger partial charge on any atom is -0.301 e. The maximum Gasteiger partial charge on any atom is 0.335 e. The van der Waals surface area contributed by atoms with Gasteiger partial charge in [-0.2, -0.15) is 4.37 Å². The standard InChI is InChI=1S/C18H19N3O3S/c1-10-8-15(23)21(17(24)20(10)5)12-6-7-14-13(9-12)16(19-25-14)18(3,4)11(2)22/h6-9H,1-5H3. The van der Waals surface area contributed by atoms with Crippen molar-refractivity contribution in [3.05, 3.63) is 56.5 Å². The fourth-order valence-corrected chi connectivity index (χ4v) is 3.56. The molecule has 0 radical (unpaired) electrons. The Labute approximate surface area is 148 Å². The number of fused-ring (bicyclic) bond motifs is 1. The fraction of sp³-hybridized carbons (Fsp3) is 0.333. The van der Waals surface area contributed by atoms with Gasteiger partial charge in [0.05, 0.1) is 21.5 Å². The maximum absolute atomic E-state index is 12.5. The Bertz CT molecular complexity index is 1120. The summed E-state index contributed by atoms with van der Waals surface area (Å²) in [7, 11) is 1.63. The molecule has 2 heterocycles. The summed E-state index contributed by atoms with van der Waals surface area (Å²) in [6.45, 7) is 6.91. The molecule has 3 aromatic rings. The molecule has 3 rings (SSSR count). The van der Waals surface area contributed by atoms with Crippen molar-refractivity contribution in [2.45, 2.75) is 33.1 Å². The highest BCUT2D eigenvalue weighted by molar-refractivity contribution is 7.13. The second kappa shape index (κ2) is 5.77. The van der Waals surface area contributed by atoms with Gasteiger partial charge in [0.25, 0.3) is 5.56 Å². The Kier molecular flexibility index (Phi) is 3.99. The summed E-state index contributed by atoms with van der Waals surface area (Å²) in [5, 5.41) is 0.789. The normalized spacial score (nSPS) is 11.9. The summed E-state index contributed by atoms with van der Waals surface area (Å²) in [6.07, 6.45) is 0. The third-order valence-electron chi connectivity index (χ3n) is 4.74. The number of ketones is 1. The summed E-state index contributed by atoms with van der Waals surface area (Å²) in [6, 6.07) is 6.74. The van der Waals surface area contributed by atoms with Gasteiger partial charge < -0.3 is 4.57 Å². The van der Waals surface area contributed by atoms with E-state index in [0.29, 0.717) is 17.1 Å². The molecule has 0 aliphatic rings. The van der Waals surface area contributed by atoms with Crippen LogP contribution in [0, 0.1) is 6.92 Å². The first-order valence-electron chi connectivity index (χ1n) is 7.85. The molecular formula is C18H19N3O3S. The molecule has 0 fully saturated rings. The molecule has 2 aromatic heterocycles. The van der Waals surface area contributed by atoms with Gasteiger partial charge in [-0.15, -0.1) is 0 Å². The van der Waals surface area contributed by atoms with E-state index in [-0.39, 0.29) is 11.3 Å². The molecule has 0 aliphatic carbocycles. The first-order valence-corrected chi connectivity index (χ1v) is 8.63. The highest BCUT2D eigenvalue weighted by Crippen LogP contribution is 2.33. The molecule has 0 bridgehead atoms. The van der Waals surface area contributed by atoms with Crippen LogP contribution in [0.3, 0.4) is 0 Å². The number of hydrogen-bond donors (Lipinski definition) is 0. The van der Waals surface area contributed by atoms with Gasteiger partial charge >= 0.3 is 5.69 Å². The number of aromatic nitrogens is 3. The van der Waals surface area contributed by atoms with Gasteiger partial charge in [-0.3, -0.25) is 9.59 Å². The topological polar surface area (TPSA) is 74.0 Å². The summed E-state index contributed by atoms with van der Waals surface area (Å²) in [5.41, 5.74) is 0.219. The van der Waals surface area contributed by atoms with E-state index in [2.05, 4.69) is 4.37 Å². The number of hydrogen-bond acceptors (Lipinski definition) is 5. The first kappa shape index (κ1) is 17.3. The molecule has 7 heteroatoms. The Hall–Kier alpha value is -2.54. The monoisotopic (exact) mass is 357 g/mol. The lowest BCUT2D eigenvalue weighted by Crippen LogP contribution is -2.38. The summed E-state index contributed by atoms with van der Waals surface area (Å²) in [4.78, 5) is 36.9. The number of carbonyl (C=O) groups excluding carboxylic acids is 1. The van der Waals surface area contributed by atoms with E-state index in [1.165, 1.54) is 29.1 Å². The quantitative estimate of drug-likeness (QED) is 0.721. The molecule has 0 spiro atoms.